The van der Waals surface area contributed by atoms with Gasteiger partial charge in [0.15, 0.2) is 17.5 Å². The predicted octanol–water partition coefficient (Wildman–Crippen LogP) is 9.65. The lowest BCUT2D eigenvalue weighted by atomic mass is 9.98. The van der Waals surface area contributed by atoms with E-state index in [0.29, 0.717) is 28.6 Å². The van der Waals surface area contributed by atoms with Crippen LogP contribution in [-0.2, 0) is 0 Å². The SMILES string of the molecule is N#Cc1ccc2c(c1)c1ccccc1n2-c1ccc(-c2cccc(F)c2)c(-c2nc(-c3ccccc3)nc(-c3ccccc3)n2)c1. The van der Waals surface area contributed by atoms with Gasteiger partial charge < -0.3 is 4.57 Å². The van der Waals surface area contributed by atoms with Gasteiger partial charge in [0.2, 0.25) is 0 Å². The molecule has 0 aliphatic carbocycles. The standard InChI is InChI=1S/C40H24FN5/c41-30-15-9-14-29(23-30)32-20-19-31(46-36-17-8-7-16-33(36)34-22-26(25-42)18-21-37(34)46)24-35(32)40-44-38(27-10-3-1-4-11-27)43-39(45-40)28-12-5-2-6-13-28/h1-24H. The Labute approximate surface area is 264 Å². The minimum absolute atomic E-state index is 0.325. The van der Waals surface area contributed by atoms with E-state index in [0.717, 1.165) is 49.7 Å². The van der Waals surface area contributed by atoms with Gasteiger partial charge in [0, 0.05) is 33.2 Å². The van der Waals surface area contributed by atoms with Crippen LogP contribution < -0.4 is 0 Å². The molecule has 0 spiro atoms. The number of benzene rings is 6. The number of fused-ring (bicyclic) bond motifs is 3. The first-order valence-electron chi connectivity index (χ1n) is 14.9. The second kappa shape index (κ2) is 11.2. The number of aromatic nitrogens is 4. The van der Waals surface area contributed by atoms with Gasteiger partial charge in [-0.3, -0.25) is 0 Å². The second-order valence-electron chi connectivity index (χ2n) is 11.0. The van der Waals surface area contributed by atoms with Crippen LogP contribution in [0.1, 0.15) is 5.56 Å². The maximum absolute atomic E-state index is 14.6. The van der Waals surface area contributed by atoms with Crippen LogP contribution in [0.3, 0.4) is 0 Å². The van der Waals surface area contributed by atoms with E-state index in [4.69, 9.17) is 15.0 Å². The van der Waals surface area contributed by atoms with Gasteiger partial charge in [0.1, 0.15) is 5.82 Å². The first-order valence-corrected chi connectivity index (χ1v) is 14.9. The predicted molar refractivity (Wildman–Crippen MR) is 181 cm³/mol. The fourth-order valence-electron chi connectivity index (χ4n) is 6.01. The van der Waals surface area contributed by atoms with E-state index in [1.165, 1.54) is 12.1 Å². The Morgan fingerprint density at radius 2 is 1.13 bits per heavy atom. The number of hydrogen-bond acceptors (Lipinski definition) is 4. The van der Waals surface area contributed by atoms with Crippen LogP contribution in [0.25, 0.3) is 72.8 Å². The maximum Gasteiger partial charge on any atom is 0.164 e. The Bertz CT molecular complexity index is 2390. The van der Waals surface area contributed by atoms with Crippen LogP contribution in [0.15, 0.2) is 146 Å². The van der Waals surface area contributed by atoms with E-state index in [1.807, 2.05) is 109 Å². The van der Waals surface area contributed by atoms with Gasteiger partial charge in [0.25, 0.3) is 0 Å². The summed E-state index contributed by atoms with van der Waals surface area (Å²) in [6, 6.07) is 48.5. The Kier molecular flexibility index (Phi) is 6.63. The van der Waals surface area contributed by atoms with Crippen LogP contribution in [0.2, 0.25) is 0 Å². The van der Waals surface area contributed by atoms with E-state index in [9.17, 15) is 9.65 Å². The molecule has 0 unspecified atom stereocenters. The van der Waals surface area contributed by atoms with Gasteiger partial charge in [0.05, 0.1) is 22.7 Å². The van der Waals surface area contributed by atoms with E-state index in [1.54, 1.807) is 6.07 Å². The molecule has 0 aliphatic heterocycles. The van der Waals surface area contributed by atoms with Crippen molar-refractivity contribution in [3.8, 4) is 57.0 Å². The molecule has 0 atom stereocenters. The number of nitriles is 1. The first kappa shape index (κ1) is 27.1. The molecule has 6 aromatic carbocycles. The highest BCUT2D eigenvalue weighted by atomic mass is 19.1. The lowest BCUT2D eigenvalue weighted by Crippen LogP contribution is -2.02. The van der Waals surface area contributed by atoms with Crippen LogP contribution in [0.4, 0.5) is 4.39 Å². The molecule has 0 saturated heterocycles. The Morgan fingerprint density at radius 3 is 1.83 bits per heavy atom. The number of para-hydroxylation sites is 1. The molecule has 5 nitrogen and oxygen atoms in total. The molecule has 0 N–H and O–H groups in total. The van der Waals surface area contributed by atoms with Crippen LogP contribution >= 0.6 is 0 Å². The van der Waals surface area contributed by atoms with Crippen molar-refractivity contribution in [3.05, 3.63) is 157 Å². The van der Waals surface area contributed by atoms with Crippen molar-refractivity contribution in [1.29, 1.82) is 5.26 Å². The minimum Gasteiger partial charge on any atom is -0.309 e. The normalized spacial score (nSPS) is 11.1. The fourth-order valence-corrected chi connectivity index (χ4v) is 6.01. The second-order valence-corrected chi connectivity index (χ2v) is 11.0. The number of nitrogens with zero attached hydrogens (tertiary/aromatic N) is 5. The molecule has 0 fully saturated rings. The average Bonchev–Trinajstić information content (AvgIpc) is 3.45. The zero-order valence-corrected chi connectivity index (χ0v) is 24.5. The van der Waals surface area contributed by atoms with Gasteiger partial charge in [-0.25, -0.2) is 19.3 Å². The molecule has 0 bridgehead atoms. The smallest absolute Gasteiger partial charge is 0.164 e. The van der Waals surface area contributed by atoms with Crippen LogP contribution in [-0.4, -0.2) is 19.5 Å². The summed E-state index contributed by atoms with van der Waals surface area (Å²) < 4.78 is 16.8. The van der Waals surface area contributed by atoms with Crippen molar-refractivity contribution in [2.45, 2.75) is 0 Å². The van der Waals surface area contributed by atoms with E-state index in [-0.39, 0.29) is 5.82 Å². The van der Waals surface area contributed by atoms with Crippen molar-refractivity contribution in [2.75, 3.05) is 0 Å². The van der Waals surface area contributed by atoms with Gasteiger partial charge in [-0.05, 0) is 59.7 Å². The molecular formula is C40H24FN5. The summed E-state index contributed by atoms with van der Waals surface area (Å²) >= 11 is 0. The third-order valence-electron chi connectivity index (χ3n) is 8.14. The highest BCUT2D eigenvalue weighted by molar-refractivity contribution is 6.09. The Hall–Kier alpha value is -6.45. The third-order valence-corrected chi connectivity index (χ3v) is 8.14. The molecule has 8 rings (SSSR count). The molecule has 6 heteroatoms. The van der Waals surface area contributed by atoms with Gasteiger partial charge >= 0.3 is 0 Å². The van der Waals surface area contributed by atoms with Crippen molar-refractivity contribution in [3.63, 3.8) is 0 Å². The molecule has 0 amide bonds. The molecular weight excluding hydrogens is 569 g/mol. The molecule has 0 radical (unpaired) electrons. The Morgan fingerprint density at radius 1 is 0.500 bits per heavy atom. The highest BCUT2D eigenvalue weighted by Gasteiger charge is 2.19. The van der Waals surface area contributed by atoms with Crippen LogP contribution in [0, 0.1) is 17.1 Å². The van der Waals surface area contributed by atoms with Gasteiger partial charge in [-0.15, -0.1) is 0 Å². The molecule has 46 heavy (non-hydrogen) atoms. The van der Waals surface area contributed by atoms with Gasteiger partial charge in [-0.2, -0.15) is 5.26 Å². The molecule has 216 valence electrons. The van der Waals surface area contributed by atoms with Crippen molar-refractivity contribution < 1.29 is 4.39 Å². The van der Waals surface area contributed by atoms with Gasteiger partial charge in [-0.1, -0.05) is 97.1 Å². The molecule has 8 aromatic rings. The summed E-state index contributed by atoms with van der Waals surface area (Å²) in [5, 5.41) is 11.7. The maximum atomic E-state index is 14.6. The lowest BCUT2D eigenvalue weighted by Gasteiger charge is -2.15. The lowest BCUT2D eigenvalue weighted by molar-refractivity contribution is 0.628. The zero-order valence-electron chi connectivity index (χ0n) is 24.5. The molecule has 0 saturated carbocycles. The largest absolute Gasteiger partial charge is 0.309 e. The van der Waals surface area contributed by atoms with Crippen molar-refractivity contribution in [1.82, 2.24) is 19.5 Å². The summed E-state index contributed by atoms with van der Waals surface area (Å²) in [6.07, 6.45) is 0. The minimum atomic E-state index is -0.325. The van der Waals surface area contributed by atoms with E-state index in [2.05, 4.69) is 28.8 Å². The monoisotopic (exact) mass is 593 g/mol. The quantitative estimate of drug-likeness (QED) is 0.199. The summed E-state index contributed by atoms with van der Waals surface area (Å²) in [4.78, 5) is 14.9. The zero-order chi connectivity index (χ0) is 31.0. The topological polar surface area (TPSA) is 67.4 Å². The third kappa shape index (κ3) is 4.77. The summed E-state index contributed by atoms with van der Waals surface area (Å²) in [7, 11) is 0. The molecule has 0 aliphatic rings. The van der Waals surface area contributed by atoms with E-state index < -0.39 is 0 Å². The summed E-state index contributed by atoms with van der Waals surface area (Å²) in [5.74, 6) is 1.23. The Balaban J connectivity index is 1.43. The van der Waals surface area contributed by atoms with E-state index >= 15 is 0 Å². The number of rotatable bonds is 5. The molecule has 2 aromatic heterocycles. The summed E-state index contributed by atoms with van der Waals surface area (Å²) in [5.41, 5.74) is 7.42. The summed E-state index contributed by atoms with van der Waals surface area (Å²) in [6.45, 7) is 0. The van der Waals surface area contributed by atoms with Crippen molar-refractivity contribution in [2.24, 2.45) is 0 Å². The van der Waals surface area contributed by atoms with Crippen LogP contribution in [0.5, 0.6) is 0 Å². The first-order chi connectivity index (χ1) is 22.7. The van der Waals surface area contributed by atoms with Crippen molar-refractivity contribution >= 4 is 21.8 Å². The fraction of sp³-hybridized carbons (Fsp3) is 0. The molecule has 2 heterocycles. The highest BCUT2D eigenvalue weighted by Crippen LogP contribution is 2.38. The number of halogens is 1. The average molecular weight is 594 g/mol. The number of hydrogen-bond donors (Lipinski definition) is 0.